The van der Waals surface area contributed by atoms with Crippen LogP contribution >= 0.6 is 0 Å². The SMILES string of the molecule is CCOCOc1cccnc1N. The third-order valence-electron chi connectivity index (χ3n) is 1.30. The van der Waals surface area contributed by atoms with Gasteiger partial charge >= 0.3 is 0 Å². The molecule has 0 saturated heterocycles. The normalized spacial score (nSPS) is 9.75. The lowest BCUT2D eigenvalue weighted by molar-refractivity contribution is 0.0227. The minimum atomic E-state index is 0.215. The number of pyridine rings is 1. The lowest BCUT2D eigenvalue weighted by atomic mass is 10.4. The van der Waals surface area contributed by atoms with Crippen LogP contribution in [0.4, 0.5) is 5.82 Å². The molecule has 0 bridgehead atoms. The topological polar surface area (TPSA) is 57.4 Å². The van der Waals surface area contributed by atoms with E-state index in [1.165, 1.54) is 0 Å². The van der Waals surface area contributed by atoms with E-state index >= 15 is 0 Å². The van der Waals surface area contributed by atoms with Crippen LogP contribution in [0.2, 0.25) is 0 Å². The predicted molar refractivity (Wildman–Crippen MR) is 45.8 cm³/mol. The Morgan fingerprint density at radius 3 is 3.08 bits per heavy atom. The number of nitrogen functional groups attached to an aromatic ring is 1. The zero-order valence-electron chi connectivity index (χ0n) is 6.99. The fourth-order valence-electron chi connectivity index (χ4n) is 0.713. The fourth-order valence-corrected chi connectivity index (χ4v) is 0.713. The summed E-state index contributed by atoms with van der Waals surface area (Å²) < 4.78 is 10.2. The van der Waals surface area contributed by atoms with Gasteiger partial charge in [0.15, 0.2) is 18.4 Å². The van der Waals surface area contributed by atoms with Crippen molar-refractivity contribution in [3.8, 4) is 5.75 Å². The van der Waals surface area contributed by atoms with Crippen molar-refractivity contribution in [2.45, 2.75) is 6.92 Å². The first-order chi connectivity index (χ1) is 5.84. The summed E-state index contributed by atoms with van der Waals surface area (Å²) >= 11 is 0. The molecular weight excluding hydrogens is 156 g/mol. The zero-order valence-corrected chi connectivity index (χ0v) is 6.99. The average Bonchev–Trinajstić information content (AvgIpc) is 2.09. The van der Waals surface area contributed by atoms with E-state index in [2.05, 4.69) is 4.98 Å². The smallest absolute Gasteiger partial charge is 0.189 e. The first kappa shape index (κ1) is 8.80. The molecule has 0 atom stereocenters. The van der Waals surface area contributed by atoms with Crippen LogP contribution in [0, 0.1) is 0 Å². The number of anilines is 1. The van der Waals surface area contributed by atoms with E-state index in [0.717, 1.165) is 0 Å². The van der Waals surface area contributed by atoms with E-state index in [1.807, 2.05) is 6.92 Å². The second-order valence-corrected chi connectivity index (χ2v) is 2.14. The second-order valence-electron chi connectivity index (χ2n) is 2.14. The van der Waals surface area contributed by atoms with Gasteiger partial charge in [0.2, 0.25) is 0 Å². The van der Waals surface area contributed by atoms with Crippen LogP contribution in [0.25, 0.3) is 0 Å². The van der Waals surface area contributed by atoms with Crippen molar-refractivity contribution in [2.75, 3.05) is 19.1 Å². The van der Waals surface area contributed by atoms with Gasteiger partial charge in [-0.05, 0) is 19.1 Å². The quantitative estimate of drug-likeness (QED) is 0.539. The van der Waals surface area contributed by atoms with Crippen molar-refractivity contribution in [3.63, 3.8) is 0 Å². The van der Waals surface area contributed by atoms with Gasteiger partial charge in [0.05, 0.1) is 0 Å². The van der Waals surface area contributed by atoms with Gasteiger partial charge in [0, 0.05) is 12.8 Å². The van der Waals surface area contributed by atoms with Crippen LogP contribution in [0.5, 0.6) is 5.75 Å². The molecule has 2 N–H and O–H groups in total. The summed E-state index contributed by atoms with van der Waals surface area (Å²) in [5.74, 6) is 0.947. The fraction of sp³-hybridized carbons (Fsp3) is 0.375. The van der Waals surface area contributed by atoms with E-state index in [9.17, 15) is 0 Å². The molecule has 0 aliphatic carbocycles. The van der Waals surface area contributed by atoms with Gasteiger partial charge in [-0.3, -0.25) is 0 Å². The molecule has 4 heteroatoms. The monoisotopic (exact) mass is 168 g/mol. The third kappa shape index (κ3) is 2.39. The van der Waals surface area contributed by atoms with E-state index in [4.69, 9.17) is 15.2 Å². The van der Waals surface area contributed by atoms with E-state index in [0.29, 0.717) is 18.2 Å². The van der Waals surface area contributed by atoms with E-state index < -0.39 is 0 Å². The van der Waals surface area contributed by atoms with Crippen molar-refractivity contribution in [1.29, 1.82) is 0 Å². The maximum atomic E-state index is 5.51. The Kier molecular flexibility index (Phi) is 3.35. The van der Waals surface area contributed by atoms with Crippen molar-refractivity contribution >= 4 is 5.82 Å². The van der Waals surface area contributed by atoms with Crippen LogP contribution in [0.15, 0.2) is 18.3 Å². The van der Waals surface area contributed by atoms with Crippen LogP contribution in [-0.4, -0.2) is 18.4 Å². The molecule has 0 aliphatic rings. The van der Waals surface area contributed by atoms with E-state index in [1.54, 1.807) is 18.3 Å². The summed E-state index contributed by atoms with van der Waals surface area (Å²) in [5.41, 5.74) is 5.51. The number of hydrogen-bond acceptors (Lipinski definition) is 4. The largest absolute Gasteiger partial charge is 0.464 e. The highest BCUT2D eigenvalue weighted by Crippen LogP contribution is 2.16. The summed E-state index contributed by atoms with van der Waals surface area (Å²) in [6.07, 6.45) is 1.61. The van der Waals surface area contributed by atoms with Crippen molar-refractivity contribution in [2.24, 2.45) is 0 Å². The molecule has 4 nitrogen and oxygen atoms in total. The van der Waals surface area contributed by atoms with Gasteiger partial charge in [-0.25, -0.2) is 4.98 Å². The molecule has 12 heavy (non-hydrogen) atoms. The van der Waals surface area contributed by atoms with Crippen LogP contribution in [-0.2, 0) is 4.74 Å². The van der Waals surface area contributed by atoms with Crippen LogP contribution in [0.3, 0.4) is 0 Å². The number of nitrogens with zero attached hydrogens (tertiary/aromatic N) is 1. The number of hydrogen-bond donors (Lipinski definition) is 1. The molecule has 0 unspecified atom stereocenters. The molecule has 1 aromatic rings. The van der Waals surface area contributed by atoms with Crippen molar-refractivity contribution < 1.29 is 9.47 Å². The Balaban J connectivity index is 2.46. The van der Waals surface area contributed by atoms with Gasteiger partial charge in [-0.2, -0.15) is 0 Å². The Labute approximate surface area is 71.3 Å². The van der Waals surface area contributed by atoms with Crippen LogP contribution < -0.4 is 10.5 Å². The zero-order chi connectivity index (χ0) is 8.81. The third-order valence-corrected chi connectivity index (χ3v) is 1.30. The summed E-state index contributed by atoms with van der Waals surface area (Å²) in [7, 11) is 0. The molecular formula is C8H12N2O2. The number of aromatic nitrogens is 1. The van der Waals surface area contributed by atoms with Crippen molar-refractivity contribution in [3.05, 3.63) is 18.3 Å². The standard InChI is InChI=1S/C8H12N2O2/c1-2-11-6-12-7-4-3-5-10-8(7)9/h3-5H,2,6H2,1H3,(H2,9,10). The summed E-state index contributed by atoms with van der Waals surface area (Å²) in [4.78, 5) is 3.86. The Hall–Kier alpha value is -1.29. The molecule has 1 aromatic heterocycles. The molecule has 66 valence electrons. The van der Waals surface area contributed by atoms with Crippen LogP contribution in [0.1, 0.15) is 6.92 Å². The molecule has 0 saturated carbocycles. The highest BCUT2D eigenvalue weighted by Gasteiger charge is 1.97. The first-order valence-electron chi connectivity index (χ1n) is 3.75. The van der Waals surface area contributed by atoms with Gasteiger partial charge in [0.1, 0.15) is 0 Å². The second kappa shape index (κ2) is 4.56. The molecule has 1 rings (SSSR count). The van der Waals surface area contributed by atoms with Crippen molar-refractivity contribution in [1.82, 2.24) is 4.98 Å². The summed E-state index contributed by atoms with van der Waals surface area (Å²) in [6, 6.07) is 3.51. The molecule has 0 aliphatic heterocycles. The number of rotatable bonds is 4. The highest BCUT2D eigenvalue weighted by molar-refractivity contribution is 5.44. The Morgan fingerprint density at radius 1 is 1.58 bits per heavy atom. The Morgan fingerprint density at radius 2 is 2.42 bits per heavy atom. The lowest BCUT2D eigenvalue weighted by Crippen LogP contribution is -2.04. The van der Waals surface area contributed by atoms with Gasteiger partial charge in [0.25, 0.3) is 0 Å². The maximum absolute atomic E-state index is 5.51. The minimum absolute atomic E-state index is 0.215. The first-order valence-corrected chi connectivity index (χ1v) is 3.75. The van der Waals surface area contributed by atoms with E-state index in [-0.39, 0.29) is 6.79 Å². The number of nitrogens with two attached hydrogens (primary N) is 1. The molecule has 0 amide bonds. The molecule has 0 aromatic carbocycles. The molecule has 0 radical (unpaired) electrons. The maximum Gasteiger partial charge on any atom is 0.189 e. The average molecular weight is 168 g/mol. The molecule has 0 spiro atoms. The van der Waals surface area contributed by atoms with Gasteiger partial charge in [-0.15, -0.1) is 0 Å². The summed E-state index contributed by atoms with van der Waals surface area (Å²) in [5, 5.41) is 0. The van der Waals surface area contributed by atoms with Gasteiger partial charge in [-0.1, -0.05) is 0 Å². The summed E-state index contributed by atoms with van der Waals surface area (Å²) in [6.45, 7) is 2.74. The Bertz CT molecular complexity index is 240. The minimum Gasteiger partial charge on any atom is -0.464 e. The highest BCUT2D eigenvalue weighted by atomic mass is 16.7. The molecule has 0 fully saturated rings. The lowest BCUT2D eigenvalue weighted by Gasteiger charge is -2.06. The predicted octanol–water partition coefficient (Wildman–Crippen LogP) is 1.04. The van der Waals surface area contributed by atoms with Gasteiger partial charge < -0.3 is 15.2 Å². The molecule has 1 heterocycles. The number of ether oxygens (including phenoxy) is 2.